The summed E-state index contributed by atoms with van der Waals surface area (Å²) in [5.41, 5.74) is 0.802. The first kappa shape index (κ1) is 21.8. The van der Waals surface area contributed by atoms with Gasteiger partial charge in [0, 0.05) is 29.2 Å². The first-order chi connectivity index (χ1) is 14.6. The lowest BCUT2D eigenvalue weighted by Gasteiger charge is -2.20. The summed E-state index contributed by atoms with van der Waals surface area (Å²) in [4.78, 5) is 14.3. The maximum absolute atomic E-state index is 13.4. The molecule has 1 amide bonds. The molecule has 0 radical (unpaired) electrons. The van der Waals surface area contributed by atoms with Crippen LogP contribution in [0.15, 0.2) is 40.9 Å². The van der Waals surface area contributed by atoms with Crippen LogP contribution in [0.3, 0.4) is 0 Å². The number of hydrogen-bond acceptors (Lipinski definition) is 3. The molecular formula is C21H18BrF3N4OS. The van der Waals surface area contributed by atoms with Gasteiger partial charge in [0.2, 0.25) is 0 Å². The quantitative estimate of drug-likeness (QED) is 0.453. The Kier molecular flexibility index (Phi) is 5.55. The monoisotopic (exact) mass is 510 g/mol. The van der Waals surface area contributed by atoms with Crippen molar-refractivity contribution >= 4 is 39.7 Å². The first-order valence-electron chi connectivity index (χ1n) is 9.48. The Morgan fingerprint density at radius 2 is 2.03 bits per heavy atom. The Balaban J connectivity index is 1.67. The number of carbonyl (C=O) groups excluding carboxylic acids is 1. The van der Waals surface area contributed by atoms with Gasteiger partial charge < -0.3 is 9.47 Å². The minimum Gasteiger partial charge on any atom is -0.307 e. The van der Waals surface area contributed by atoms with Gasteiger partial charge in [0.1, 0.15) is 5.82 Å². The van der Waals surface area contributed by atoms with E-state index in [2.05, 4.69) is 26.1 Å². The lowest BCUT2D eigenvalue weighted by molar-refractivity contribution is -0.138. The van der Waals surface area contributed by atoms with E-state index in [0.717, 1.165) is 21.9 Å². The number of H-pyrrole nitrogens is 1. The van der Waals surface area contributed by atoms with Crippen molar-refractivity contribution in [3.63, 3.8) is 0 Å². The fourth-order valence-electron chi connectivity index (χ4n) is 3.80. The van der Waals surface area contributed by atoms with Crippen molar-refractivity contribution < 1.29 is 18.0 Å². The Morgan fingerprint density at radius 3 is 2.68 bits per heavy atom. The van der Waals surface area contributed by atoms with Crippen LogP contribution in [-0.4, -0.2) is 20.7 Å². The molecule has 1 N–H and O–H groups in total. The van der Waals surface area contributed by atoms with Crippen molar-refractivity contribution in [1.29, 1.82) is 0 Å². The molecule has 0 fully saturated rings. The van der Waals surface area contributed by atoms with Gasteiger partial charge in [0.25, 0.3) is 5.91 Å². The average molecular weight is 511 g/mol. The molecule has 0 bridgehead atoms. The van der Waals surface area contributed by atoms with Crippen LogP contribution in [0.5, 0.6) is 0 Å². The zero-order valence-electron chi connectivity index (χ0n) is 16.6. The van der Waals surface area contributed by atoms with Crippen molar-refractivity contribution in [3.05, 3.63) is 73.7 Å². The Morgan fingerprint density at radius 1 is 1.29 bits per heavy atom. The number of rotatable bonds is 4. The highest BCUT2D eigenvalue weighted by Crippen LogP contribution is 2.39. The van der Waals surface area contributed by atoms with Gasteiger partial charge in [-0.05, 0) is 59.6 Å². The minimum atomic E-state index is -4.51. The lowest BCUT2D eigenvalue weighted by atomic mass is 9.96. The van der Waals surface area contributed by atoms with Gasteiger partial charge in [-0.25, -0.2) is 0 Å². The van der Waals surface area contributed by atoms with Gasteiger partial charge >= 0.3 is 6.18 Å². The molecule has 1 aliphatic heterocycles. The van der Waals surface area contributed by atoms with E-state index < -0.39 is 17.6 Å². The van der Waals surface area contributed by atoms with Gasteiger partial charge in [0.15, 0.2) is 4.77 Å². The molecule has 2 heterocycles. The van der Waals surface area contributed by atoms with Crippen molar-refractivity contribution in [3.8, 4) is 0 Å². The maximum Gasteiger partial charge on any atom is 0.416 e. The normalized spacial score (nSPS) is 14.8. The van der Waals surface area contributed by atoms with Crippen molar-refractivity contribution in [2.45, 2.75) is 32.0 Å². The van der Waals surface area contributed by atoms with E-state index in [4.69, 9.17) is 12.2 Å². The zero-order valence-corrected chi connectivity index (χ0v) is 19.0. The molecule has 1 unspecified atom stereocenters. The van der Waals surface area contributed by atoms with Crippen LogP contribution < -0.4 is 4.90 Å². The van der Waals surface area contributed by atoms with Crippen molar-refractivity contribution in [2.24, 2.45) is 7.05 Å². The molecule has 1 atom stereocenters. The molecule has 0 spiro atoms. The summed E-state index contributed by atoms with van der Waals surface area (Å²) >= 11 is 8.63. The second kappa shape index (κ2) is 7.90. The number of carbonyl (C=O) groups is 1. The highest BCUT2D eigenvalue weighted by molar-refractivity contribution is 9.10. The molecule has 5 nitrogen and oxygen atoms in total. The molecule has 0 saturated carbocycles. The molecule has 2 aromatic carbocycles. The number of hydrogen-bond donors (Lipinski definition) is 1. The minimum absolute atomic E-state index is 0.0103. The Bertz CT molecular complexity index is 1230. The Labute approximate surface area is 190 Å². The fourth-order valence-corrected chi connectivity index (χ4v) is 4.45. The second-order valence-electron chi connectivity index (χ2n) is 7.57. The van der Waals surface area contributed by atoms with E-state index >= 15 is 0 Å². The number of anilines is 1. The van der Waals surface area contributed by atoms with E-state index in [1.807, 2.05) is 26.1 Å². The number of halogens is 4. The summed E-state index contributed by atoms with van der Waals surface area (Å²) in [5, 5.41) is 6.99. The summed E-state index contributed by atoms with van der Waals surface area (Å²) in [5.74, 6) is 0.386. The van der Waals surface area contributed by atoms with E-state index in [1.165, 1.54) is 17.0 Å². The predicted octanol–water partition coefficient (Wildman–Crippen LogP) is 5.77. The van der Waals surface area contributed by atoms with Crippen LogP contribution in [0.4, 0.5) is 18.9 Å². The predicted molar refractivity (Wildman–Crippen MR) is 117 cm³/mol. The van der Waals surface area contributed by atoms with E-state index in [-0.39, 0.29) is 23.6 Å². The third kappa shape index (κ3) is 4.06. The number of nitrogens with one attached hydrogen (secondary N) is 1. The third-order valence-corrected chi connectivity index (χ3v) is 6.34. The third-order valence-electron chi connectivity index (χ3n) is 5.52. The van der Waals surface area contributed by atoms with Crippen molar-refractivity contribution in [2.75, 3.05) is 4.90 Å². The van der Waals surface area contributed by atoms with Gasteiger partial charge in [-0.15, -0.1) is 0 Å². The molecule has 162 valence electrons. The standard InChI is InChI=1S/C21H18BrF3N4OS/c1-11(6-18-26-27-20(31)28(18)2)12-7-13(22)9-14(8-12)29-10-16-15(19(29)30)4-3-5-17(16)21(23,24)25/h3-5,7-9,11H,6,10H2,1-2H3,(H,27,31). The zero-order chi connectivity index (χ0) is 22.5. The van der Waals surface area contributed by atoms with Crippen LogP contribution in [0.2, 0.25) is 0 Å². The number of benzene rings is 2. The highest BCUT2D eigenvalue weighted by Gasteiger charge is 2.39. The number of amides is 1. The maximum atomic E-state index is 13.4. The van der Waals surface area contributed by atoms with Crippen LogP contribution in [0, 0.1) is 4.77 Å². The molecule has 1 aliphatic rings. The largest absolute Gasteiger partial charge is 0.416 e. The van der Waals surface area contributed by atoms with E-state index in [1.54, 1.807) is 10.6 Å². The topological polar surface area (TPSA) is 53.9 Å². The molecule has 1 aromatic heterocycles. The molecule has 4 rings (SSSR count). The molecule has 10 heteroatoms. The summed E-state index contributed by atoms with van der Waals surface area (Å²) in [7, 11) is 1.83. The van der Waals surface area contributed by atoms with Crippen LogP contribution >= 0.6 is 28.1 Å². The SMILES string of the molecule is CC(Cc1n[nH]c(=S)n1C)c1cc(Br)cc(N2Cc3c(cccc3C(F)(F)F)C2=O)c1. The van der Waals surface area contributed by atoms with Gasteiger partial charge in [-0.1, -0.05) is 28.9 Å². The lowest BCUT2D eigenvalue weighted by Crippen LogP contribution is -2.23. The van der Waals surface area contributed by atoms with Crippen LogP contribution in [-0.2, 0) is 26.2 Å². The van der Waals surface area contributed by atoms with Crippen LogP contribution in [0.1, 0.15) is 45.7 Å². The molecule has 0 aliphatic carbocycles. The Hall–Kier alpha value is -2.46. The highest BCUT2D eigenvalue weighted by atomic mass is 79.9. The van der Waals surface area contributed by atoms with E-state index in [0.29, 0.717) is 16.9 Å². The van der Waals surface area contributed by atoms with Crippen molar-refractivity contribution in [1.82, 2.24) is 14.8 Å². The molecule has 31 heavy (non-hydrogen) atoms. The first-order valence-corrected chi connectivity index (χ1v) is 10.7. The molecule has 0 saturated heterocycles. The summed E-state index contributed by atoms with van der Waals surface area (Å²) in [6, 6.07) is 9.25. The van der Waals surface area contributed by atoms with Crippen LogP contribution in [0.25, 0.3) is 0 Å². The van der Waals surface area contributed by atoms with Gasteiger partial charge in [0.05, 0.1) is 12.1 Å². The fraction of sp³-hybridized carbons (Fsp3) is 0.286. The number of aromatic nitrogens is 3. The summed E-state index contributed by atoms with van der Waals surface area (Å²) < 4.78 is 43.3. The smallest absolute Gasteiger partial charge is 0.307 e. The molecule has 3 aromatic rings. The van der Waals surface area contributed by atoms with Gasteiger partial charge in [-0.3, -0.25) is 9.89 Å². The number of aromatic amines is 1. The van der Waals surface area contributed by atoms with Gasteiger partial charge in [-0.2, -0.15) is 18.3 Å². The number of alkyl halides is 3. The summed E-state index contributed by atoms with van der Waals surface area (Å²) in [6.45, 7) is 1.90. The number of fused-ring (bicyclic) bond motifs is 1. The molecular weight excluding hydrogens is 493 g/mol. The second-order valence-corrected chi connectivity index (χ2v) is 8.88. The average Bonchev–Trinajstić information content (AvgIpc) is 3.21. The number of nitrogens with zero attached hydrogens (tertiary/aromatic N) is 3. The van der Waals surface area contributed by atoms with E-state index in [9.17, 15) is 18.0 Å². The summed E-state index contributed by atoms with van der Waals surface area (Å²) in [6.07, 6.45) is -3.91.